The second-order valence-electron chi connectivity index (χ2n) is 2.93. The van der Waals surface area contributed by atoms with Gasteiger partial charge in [-0.25, -0.2) is 0 Å². The zero-order valence-corrected chi connectivity index (χ0v) is 9.33. The first-order chi connectivity index (χ1) is 6.79. The fourth-order valence-corrected chi connectivity index (χ4v) is 0.953. The lowest BCUT2D eigenvalue weighted by atomic mass is 10.1. The van der Waals surface area contributed by atoms with Gasteiger partial charge in [-0.2, -0.15) is 0 Å². The Morgan fingerprint density at radius 1 is 1.21 bits per heavy atom. The van der Waals surface area contributed by atoms with E-state index in [0.29, 0.717) is 0 Å². The Morgan fingerprint density at radius 3 is 2.14 bits per heavy atom. The summed E-state index contributed by atoms with van der Waals surface area (Å²) >= 11 is 0. The molecule has 76 valence electrons. The maximum Gasteiger partial charge on any atom is 0.0287 e. The van der Waals surface area contributed by atoms with Crippen molar-refractivity contribution < 1.29 is 0 Å². The van der Waals surface area contributed by atoms with Crippen molar-refractivity contribution in [1.29, 1.82) is 0 Å². The summed E-state index contributed by atoms with van der Waals surface area (Å²) in [4.78, 5) is 3.94. The van der Waals surface area contributed by atoms with Crippen molar-refractivity contribution in [1.82, 2.24) is 0 Å². The van der Waals surface area contributed by atoms with Gasteiger partial charge in [0.05, 0.1) is 0 Å². The summed E-state index contributed by atoms with van der Waals surface area (Å²) < 4.78 is 0. The highest BCUT2D eigenvalue weighted by Gasteiger charge is 1.91. The SMILES string of the molecule is C=Cc1ccccc1C=NC.CCC. The summed E-state index contributed by atoms with van der Waals surface area (Å²) in [5.74, 6) is 0. The lowest BCUT2D eigenvalue weighted by Crippen LogP contribution is -1.84. The minimum atomic E-state index is 1.12. The van der Waals surface area contributed by atoms with Gasteiger partial charge in [-0.3, -0.25) is 4.99 Å². The molecule has 0 atom stereocenters. The van der Waals surface area contributed by atoms with E-state index in [1.54, 1.807) is 7.05 Å². The van der Waals surface area contributed by atoms with E-state index < -0.39 is 0 Å². The minimum absolute atomic E-state index is 1.12. The molecule has 0 amide bonds. The molecule has 0 fully saturated rings. The van der Waals surface area contributed by atoms with Gasteiger partial charge in [-0.1, -0.05) is 57.2 Å². The molecular weight excluding hydrogens is 170 g/mol. The Morgan fingerprint density at radius 2 is 1.71 bits per heavy atom. The second kappa shape index (κ2) is 8.24. The summed E-state index contributed by atoms with van der Waals surface area (Å²) in [6.07, 6.45) is 4.91. The third-order valence-corrected chi connectivity index (χ3v) is 1.48. The molecule has 0 heterocycles. The molecule has 0 bridgehead atoms. The first kappa shape index (κ1) is 12.6. The first-order valence-electron chi connectivity index (χ1n) is 4.93. The number of benzene rings is 1. The van der Waals surface area contributed by atoms with Crippen LogP contribution in [0.1, 0.15) is 31.4 Å². The largest absolute Gasteiger partial charge is 0.296 e. The van der Waals surface area contributed by atoms with Gasteiger partial charge < -0.3 is 0 Å². The second-order valence-corrected chi connectivity index (χ2v) is 2.93. The molecule has 0 aliphatic carbocycles. The summed E-state index contributed by atoms with van der Waals surface area (Å²) in [5.41, 5.74) is 2.24. The molecule has 0 N–H and O–H groups in total. The monoisotopic (exact) mass is 189 g/mol. The zero-order chi connectivity index (χ0) is 10.8. The van der Waals surface area contributed by atoms with Crippen molar-refractivity contribution in [2.45, 2.75) is 20.3 Å². The van der Waals surface area contributed by atoms with Gasteiger partial charge in [-0.05, 0) is 11.1 Å². The smallest absolute Gasteiger partial charge is 0.0287 e. The van der Waals surface area contributed by atoms with Crippen LogP contribution in [0.15, 0.2) is 35.8 Å². The Kier molecular flexibility index (Phi) is 7.43. The summed E-state index contributed by atoms with van der Waals surface area (Å²) in [6, 6.07) is 8.02. The van der Waals surface area contributed by atoms with E-state index in [1.165, 1.54) is 6.42 Å². The molecule has 1 heteroatoms. The number of nitrogens with zero attached hydrogens (tertiary/aromatic N) is 1. The van der Waals surface area contributed by atoms with Crippen molar-refractivity contribution in [2.24, 2.45) is 4.99 Å². The van der Waals surface area contributed by atoms with Gasteiger partial charge in [-0.15, -0.1) is 0 Å². The van der Waals surface area contributed by atoms with Crippen LogP contribution in [0, 0.1) is 0 Å². The molecule has 1 rings (SSSR count). The zero-order valence-electron chi connectivity index (χ0n) is 9.33. The fraction of sp³-hybridized carbons (Fsp3) is 0.308. The Balaban J connectivity index is 0.000000500. The predicted octanol–water partition coefficient (Wildman–Crippen LogP) is 3.79. The number of hydrogen-bond donors (Lipinski definition) is 0. The molecule has 0 aliphatic heterocycles. The van der Waals surface area contributed by atoms with E-state index >= 15 is 0 Å². The highest BCUT2D eigenvalue weighted by molar-refractivity contribution is 5.85. The van der Waals surface area contributed by atoms with Gasteiger partial charge in [0.1, 0.15) is 0 Å². The molecular formula is C13H19N. The minimum Gasteiger partial charge on any atom is -0.296 e. The summed E-state index contributed by atoms with van der Waals surface area (Å²) in [5, 5.41) is 0. The highest BCUT2D eigenvalue weighted by atomic mass is 14.6. The van der Waals surface area contributed by atoms with Crippen molar-refractivity contribution >= 4 is 12.3 Å². The van der Waals surface area contributed by atoms with Crippen LogP contribution in [0.5, 0.6) is 0 Å². The third kappa shape index (κ3) is 4.61. The maximum atomic E-state index is 3.94. The number of hydrogen-bond acceptors (Lipinski definition) is 1. The Hall–Kier alpha value is -1.37. The van der Waals surface area contributed by atoms with Crippen LogP contribution in [-0.2, 0) is 0 Å². The summed E-state index contributed by atoms with van der Waals surface area (Å²) in [6.45, 7) is 7.96. The molecule has 0 aromatic heterocycles. The number of rotatable bonds is 2. The normalized spacial score (nSPS) is 9.36. The van der Waals surface area contributed by atoms with Crippen molar-refractivity contribution in [3.05, 3.63) is 42.0 Å². The van der Waals surface area contributed by atoms with Gasteiger partial charge in [0, 0.05) is 13.3 Å². The summed E-state index contributed by atoms with van der Waals surface area (Å²) in [7, 11) is 1.76. The topological polar surface area (TPSA) is 12.4 Å². The molecule has 1 nitrogen and oxygen atoms in total. The molecule has 1 aromatic carbocycles. The quantitative estimate of drug-likeness (QED) is 0.628. The average Bonchev–Trinajstić information content (AvgIpc) is 2.20. The molecule has 0 saturated heterocycles. The van der Waals surface area contributed by atoms with E-state index in [1.807, 2.05) is 36.6 Å². The first-order valence-corrected chi connectivity index (χ1v) is 4.93. The van der Waals surface area contributed by atoms with Crippen molar-refractivity contribution in [3.63, 3.8) is 0 Å². The Labute approximate surface area is 87.2 Å². The van der Waals surface area contributed by atoms with Gasteiger partial charge in [0.25, 0.3) is 0 Å². The van der Waals surface area contributed by atoms with Crippen LogP contribution < -0.4 is 0 Å². The fourth-order valence-electron chi connectivity index (χ4n) is 0.953. The van der Waals surface area contributed by atoms with Crippen molar-refractivity contribution in [3.8, 4) is 0 Å². The third-order valence-electron chi connectivity index (χ3n) is 1.48. The predicted molar refractivity (Wildman–Crippen MR) is 66.0 cm³/mol. The van der Waals surface area contributed by atoms with Crippen LogP contribution in [0.4, 0.5) is 0 Å². The molecule has 14 heavy (non-hydrogen) atoms. The van der Waals surface area contributed by atoms with Crippen LogP contribution in [0.25, 0.3) is 6.08 Å². The molecule has 1 aromatic rings. The van der Waals surface area contributed by atoms with E-state index in [4.69, 9.17) is 0 Å². The van der Waals surface area contributed by atoms with Crippen LogP contribution in [0.2, 0.25) is 0 Å². The van der Waals surface area contributed by atoms with Gasteiger partial charge in [0.2, 0.25) is 0 Å². The lowest BCUT2D eigenvalue weighted by molar-refractivity contribution is 1.09. The molecule has 0 unspecified atom stereocenters. The van der Waals surface area contributed by atoms with Gasteiger partial charge >= 0.3 is 0 Å². The van der Waals surface area contributed by atoms with Crippen LogP contribution in [0.3, 0.4) is 0 Å². The molecule has 0 radical (unpaired) electrons. The van der Waals surface area contributed by atoms with Gasteiger partial charge in [0.15, 0.2) is 0 Å². The standard InChI is InChI=1S/C10H11N.C3H8/c1-3-9-6-4-5-7-10(9)8-11-2;1-3-2/h3-8H,1H2,2H3;3H2,1-2H3. The molecule has 0 saturated carbocycles. The average molecular weight is 189 g/mol. The lowest BCUT2D eigenvalue weighted by Gasteiger charge is -1.96. The van der Waals surface area contributed by atoms with Crippen LogP contribution >= 0.6 is 0 Å². The highest BCUT2D eigenvalue weighted by Crippen LogP contribution is 2.06. The van der Waals surface area contributed by atoms with Crippen molar-refractivity contribution in [2.75, 3.05) is 7.05 Å². The number of aliphatic imine (C=N–C) groups is 1. The van der Waals surface area contributed by atoms with E-state index in [9.17, 15) is 0 Å². The Bertz CT molecular complexity index is 287. The van der Waals surface area contributed by atoms with Crippen LogP contribution in [-0.4, -0.2) is 13.3 Å². The van der Waals surface area contributed by atoms with E-state index in [-0.39, 0.29) is 0 Å². The van der Waals surface area contributed by atoms with E-state index in [0.717, 1.165) is 11.1 Å². The van der Waals surface area contributed by atoms with E-state index in [2.05, 4.69) is 25.4 Å². The molecule has 0 spiro atoms. The molecule has 0 aliphatic rings. The maximum absolute atomic E-state index is 3.94.